The summed E-state index contributed by atoms with van der Waals surface area (Å²) in [5.41, 5.74) is 7.39. The molecule has 2 rings (SSSR count). The molecule has 1 aromatic carbocycles. The Morgan fingerprint density at radius 1 is 1.32 bits per heavy atom. The van der Waals surface area contributed by atoms with E-state index in [0.717, 1.165) is 12.1 Å². The predicted octanol–water partition coefficient (Wildman–Crippen LogP) is 3.48. The second-order valence-electron chi connectivity index (χ2n) is 5.64. The van der Waals surface area contributed by atoms with E-state index in [1.54, 1.807) is 12.1 Å². The van der Waals surface area contributed by atoms with Gasteiger partial charge in [0.1, 0.15) is 5.82 Å². The zero-order chi connectivity index (χ0) is 13.8. The van der Waals surface area contributed by atoms with Crippen LogP contribution in [0.15, 0.2) is 24.3 Å². The molecule has 0 amide bonds. The zero-order valence-electron chi connectivity index (χ0n) is 12.0. The molecule has 0 aromatic heterocycles. The van der Waals surface area contributed by atoms with E-state index in [9.17, 15) is 4.39 Å². The minimum absolute atomic E-state index is 0.0435. The predicted molar refractivity (Wildman–Crippen MR) is 77.4 cm³/mol. The lowest BCUT2D eigenvalue weighted by atomic mass is 9.99. The molecule has 1 aliphatic rings. The zero-order valence-corrected chi connectivity index (χ0v) is 12.0. The minimum atomic E-state index is -0.200. The molecule has 0 radical (unpaired) electrons. The van der Waals surface area contributed by atoms with Crippen molar-refractivity contribution in [1.29, 1.82) is 0 Å². The van der Waals surface area contributed by atoms with E-state index >= 15 is 0 Å². The number of benzene rings is 1. The molecule has 2 atom stereocenters. The highest BCUT2D eigenvalue weighted by Crippen LogP contribution is 2.32. The van der Waals surface area contributed by atoms with Crippen molar-refractivity contribution >= 4 is 0 Å². The van der Waals surface area contributed by atoms with Crippen molar-refractivity contribution in [3.8, 4) is 0 Å². The fraction of sp³-hybridized carbons (Fsp3) is 0.625. The largest absolute Gasteiger partial charge is 0.323 e. The van der Waals surface area contributed by atoms with Crippen LogP contribution in [0.25, 0.3) is 0 Å². The Bertz CT molecular complexity index is 386. The van der Waals surface area contributed by atoms with Crippen molar-refractivity contribution in [1.82, 2.24) is 4.90 Å². The summed E-state index contributed by atoms with van der Waals surface area (Å²) < 4.78 is 13.0. The summed E-state index contributed by atoms with van der Waals surface area (Å²) in [6, 6.07) is 7.59. The Morgan fingerprint density at radius 3 is 2.47 bits per heavy atom. The van der Waals surface area contributed by atoms with Gasteiger partial charge < -0.3 is 5.73 Å². The Morgan fingerprint density at radius 2 is 1.95 bits per heavy atom. The van der Waals surface area contributed by atoms with E-state index in [1.807, 2.05) is 0 Å². The van der Waals surface area contributed by atoms with E-state index in [1.165, 1.54) is 37.8 Å². The van der Waals surface area contributed by atoms with Crippen LogP contribution in [0.2, 0.25) is 0 Å². The van der Waals surface area contributed by atoms with Crippen LogP contribution in [0, 0.1) is 5.82 Å². The molecule has 2 N–H and O–H groups in total. The van der Waals surface area contributed by atoms with Crippen LogP contribution in [0.3, 0.4) is 0 Å². The molecule has 1 aliphatic carbocycles. The van der Waals surface area contributed by atoms with E-state index < -0.39 is 0 Å². The Hall–Kier alpha value is -0.930. The lowest BCUT2D eigenvalue weighted by Gasteiger charge is -2.33. The summed E-state index contributed by atoms with van der Waals surface area (Å²) in [4.78, 5) is 2.54. The highest BCUT2D eigenvalue weighted by molar-refractivity contribution is 5.21. The molecule has 0 bridgehead atoms. The topological polar surface area (TPSA) is 29.3 Å². The third-order valence-corrected chi connectivity index (χ3v) is 4.08. The molecule has 106 valence electrons. The summed E-state index contributed by atoms with van der Waals surface area (Å²) in [6.45, 7) is 5.54. The molecule has 0 saturated heterocycles. The summed E-state index contributed by atoms with van der Waals surface area (Å²) >= 11 is 0. The maximum atomic E-state index is 13.0. The molecule has 0 heterocycles. The molecular formula is C16H25FN2. The average Bonchev–Trinajstić information content (AvgIpc) is 3.23. The number of nitrogens with two attached hydrogens (primary N) is 1. The van der Waals surface area contributed by atoms with Gasteiger partial charge in [-0.3, -0.25) is 4.90 Å². The first-order valence-electron chi connectivity index (χ1n) is 7.40. The third kappa shape index (κ3) is 3.77. The van der Waals surface area contributed by atoms with Gasteiger partial charge in [-0.15, -0.1) is 0 Å². The lowest BCUT2D eigenvalue weighted by Crippen LogP contribution is -2.42. The summed E-state index contributed by atoms with van der Waals surface area (Å²) in [6.07, 6.45) is 5.02. The maximum Gasteiger partial charge on any atom is 0.123 e. The van der Waals surface area contributed by atoms with Gasteiger partial charge >= 0.3 is 0 Å². The Kier molecular flexibility index (Phi) is 4.94. The minimum Gasteiger partial charge on any atom is -0.323 e. The smallest absolute Gasteiger partial charge is 0.123 e. The van der Waals surface area contributed by atoms with Crippen molar-refractivity contribution in [2.24, 2.45) is 5.73 Å². The van der Waals surface area contributed by atoms with Crippen LogP contribution in [0.4, 0.5) is 4.39 Å². The van der Waals surface area contributed by atoms with Gasteiger partial charge in [-0.25, -0.2) is 4.39 Å². The first-order valence-corrected chi connectivity index (χ1v) is 7.40. The third-order valence-electron chi connectivity index (χ3n) is 4.08. The van der Waals surface area contributed by atoms with Gasteiger partial charge in [-0.05, 0) is 50.4 Å². The van der Waals surface area contributed by atoms with Crippen LogP contribution >= 0.6 is 0 Å². The van der Waals surface area contributed by atoms with Crippen LogP contribution in [0.1, 0.15) is 51.1 Å². The Balaban J connectivity index is 2.03. The average molecular weight is 264 g/mol. The molecule has 0 spiro atoms. The Labute approximate surface area is 115 Å². The van der Waals surface area contributed by atoms with Gasteiger partial charge in [0.15, 0.2) is 0 Å². The molecule has 1 aromatic rings. The summed E-state index contributed by atoms with van der Waals surface area (Å²) in [5.74, 6) is -0.200. The first-order chi connectivity index (χ1) is 9.13. The van der Waals surface area contributed by atoms with Crippen LogP contribution in [0.5, 0.6) is 0 Å². The van der Waals surface area contributed by atoms with E-state index in [-0.39, 0.29) is 11.9 Å². The number of halogens is 1. The van der Waals surface area contributed by atoms with Crippen LogP contribution < -0.4 is 5.73 Å². The van der Waals surface area contributed by atoms with Gasteiger partial charge in [0, 0.05) is 18.1 Å². The number of rotatable bonds is 7. The number of unbranched alkanes of at least 4 members (excludes halogenated alkanes) is 1. The lowest BCUT2D eigenvalue weighted by molar-refractivity contribution is 0.171. The highest BCUT2D eigenvalue weighted by atomic mass is 19.1. The normalized spacial score (nSPS) is 18.6. The highest BCUT2D eigenvalue weighted by Gasteiger charge is 2.34. The monoisotopic (exact) mass is 264 g/mol. The fourth-order valence-electron chi connectivity index (χ4n) is 2.64. The van der Waals surface area contributed by atoms with Gasteiger partial charge in [-0.1, -0.05) is 25.5 Å². The quantitative estimate of drug-likeness (QED) is 0.817. The van der Waals surface area contributed by atoms with Gasteiger partial charge in [0.2, 0.25) is 0 Å². The molecule has 1 fully saturated rings. The number of hydrogen-bond donors (Lipinski definition) is 1. The van der Waals surface area contributed by atoms with Crippen LogP contribution in [-0.4, -0.2) is 23.5 Å². The molecule has 3 heteroatoms. The van der Waals surface area contributed by atoms with E-state index in [2.05, 4.69) is 18.7 Å². The van der Waals surface area contributed by atoms with Crippen molar-refractivity contribution in [3.63, 3.8) is 0 Å². The molecule has 1 saturated carbocycles. The summed E-state index contributed by atoms with van der Waals surface area (Å²) in [5, 5.41) is 0. The van der Waals surface area contributed by atoms with Crippen molar-refractivity contribution in [2.75, 3.05) is 6.54 Å². The molecule has 2 unspecified atom stereocenters. The number of hydrogen-bond acceptors (Lipinski definition) is 2. The second kappa shape index (κ2) is 6.49. The maximum absolute atomic E-state index is 13.0. The van der Waals surface area contributed by atoms with Gasteiger partial charge in [0.05, 0.1) is 0 Å². The molecule has 19 heavy (non-hydrogen) atoms. The van der Waals surface area contributed by atoms with E-state index in [0.29, 0.717) is 12.1 Å². The molecule has 0 aliphatic heterocycles. The fourth-order valence-corrected chi connectivity index (χ4v) is 2.64. The van der Waals surface area contributed by atoms with Gasteiger partial charge in [0.25, 0.3) is 0 Å². The van der Waals surface area contributed by atoms with Crippen molar-refractivity contribution in [2.45, 2.75) is 57.7 Å². The molecular weight excluding hydrogens is 239 g/mol. The number of nitrogens with zero attached hydrogens (tertiary/aromatic N) is 1. The van der Waals surface area contributed by atoms with E-state index in [4.69, 9.17) is 5.73 Å². The van der Waals surface area contributed by atoms with Crippen molar-refractivity contribution in [3.05, 3.63) is 35.6 Å². The van der Waals surface area contributed by atoms with Crippen LogP contribution in [-0.2, 0) is 0 Å². The SMILES string of the molecule is CCCCN(C1CC1)C(C)C(N)c1ccc(F)cc1. The standard InChI is InChI=1S/C16H25FN2/c1-3-4-11-19(15-9-10-15)12(2)16(18)13-5-7-14(17)8-6-13/h5-8,12,15-16H,3-4,9-11,18H2,1-2H3. The first kappa shape index (κ1) is 14.5. The van der Waals surface area contributed by atoms with Crippen molar-refractivity contribution < 1.29 is 4.39 Å². The summed E-state index contributed by atoms with van der Waals surface area (Å²) in [7, 11) is 0. The van der Waals surface area contributed by atoms with Gasteiger partial charge in [-0.2, -0.15) is 0 Å². The second-order valence-corrected chi connectivity index (χ2v) is 5.64. The molecule has 2 nitrogen and oxygen atoms in total.